The Bertz CT molecular complexity index is 252. The molecule has 0 radical (unpaired) electrons. The first-order valence-corrected chi connectivity index (χ1v) is 5.09. The molecular formula is C5H14NO9P. The highest BCUT2D eigenvalue weighted by Crippen LogP contribution is 2.25. The monoisotopic (exact) mass is 263 g/mol. The van der Waals surface area contributed by atoms with Gasteiger partial charge < -0.3 is 36.1 Å². The molecule has 0 heterocycles. The van der Waals surface area contributed by atoms with Gasteiger partial charge in [-0.25, -0.2) is 4.57 Å². The molecule has 0 aliphatic rings. The summed E-state index contributed by atoms with van der Waals surface area (Å²) < 4.78 is 8.88. The molecule has 11 heteroatoms. The second kappa shape index (κ2) is 9.21. The van der Waals surface area contributed by atoms with E-state index in [1.165, 1.54) is 0 Å². The van der Waals surface area contributed by atoms with Crippen LogP contribution in [0.4, 0.5) is 0 Å². The van der Waals surface area contributed by atoms with Crippen molar-refractivity contribution in [1.82, 2.24) is 0 Å². The summed E-state index contributed by atoms with van der Waals surface area (Å²) in [7, 11) is -4.64. The number of hydrogen-bond acceptors (Lipinski definition) is 4. The zero-order valence-electron chi connectivity index (χ0n) is 7.98. The van der Waals surface area contributed by atoms with Crippen molar-refractivity contribution in [2.24, 2.45) is 5.73 Å². The summed E-state index contributed by atoms with van der Waals surface area (Å²) in [5.74, 6) is -2.20. The highest BCUT2D eigenvalue weighted by molar-refractivity contribution is 7.45. The van der Waals surface area contributed by atoms with Crippen molar-refractivity contribution in [3.8, 4) is 0 Å². The highest BCUT2D eigenvalue weighted by Gasteiger charge is 2.12. The normalized spacial score (nSPS) is 11.5. The standard InChI is InChI=1S/C5H9NO4.H3O4P.H2O/c6-3(5(9)10)1-2-4(7)8;1-5(2,3)4;/h3H,1-2,6H2,(H,7,8)(H,9,10);(H3,1,2,3,4);1H2. The third-order valence-electron chi connectivity index (χ3n) is 0.986. The molecule has 0 fully saturated rings. The minimum Gasteiger partial charge on any atom is -0.481 e. The molecule has 0 saturated heterocycles. The quantitative estimate of drug-likeness (QED) is 0.295. The molecule has 0 bridgehead atoms. The van der Waals surface area contributed by atoms with Crippen LogP contribution < -0.4 is 5.73 Å². The van der Waals surface area contributed by atoms with E-state index >= 15 is 0 Å². The van der Waals surface area contributed by atoms with Crippen molar-refractivity contribution in [2.45, 2.75) is 18.9 Å². The SMILES string of the molecule is NC(CCC(=O)O)C(=O)O.O.O=P(O)(O)O. The third kappa shape index (κ3) is 29.3. The van der Waals surface area contributed by atoms with Crippen LogP contribution in [0.15, 0.2) is 0 Å². The van der Waals surface area contributed by atoms with Crippen LogP contribution in [0.1, 0.15) is 12.8 Å². The van der Waals surface area contributed by atoms with Gasteiger partial charge in [0.15, 0.2) is 0 Å². The van der Waals surface area contributed by atoms with Crippen molar-refractivity contribution in [3.63, 3.8) is 0 Å². The molecule has 0 aliphatic carbocycles. The molecule has 0 aromatic rings. The number of hydrogen-bond donors (Lipinski definition) is 6. The third-order valence-corrected chi connectivity index (χ3v) is 0.986. The summed E-state index contributed by atoms with van der Waals surface area (Å²) in [4.78, 5) is 41.4. The maximum Gasteiger partial charge on any atom is 0.466 e. The fraction of sp³-hybridized carbons (Fsp3) is 0.600. The lowest BCUT2D eigenvalue weighted by molar-refractivity contribution is -0.139. The summed E-state index contributed by atoms with van der Waals surface area (Å²) in [6.07, 6.45) is -0.224. The van der Waals surface area contributed by atoms with Crippen molar-refractivity contribution in [3.05, 3.63) is 0 Å². The fourth-order valence-corrected chi connectivity index (χ4v) is 0.402. The maximum atomic E-state index is 9.99. The van der Waals surface area contributed by atoms with Crippen molar-refractivity contribution < 1.29 is 44.5 Å². The fourth-order valence-electron chi connectivity index (χ4n) is 0.402. The lowest BCUT2D eigenvalue weighted by Crippen LogP contribution is -2.30. The smallest absolute Gasteiger partial charge is 0.466 e. The number of carboxylic acid groups (broad SMARTS) is 2. The van der Waals surface area contributed by atoms with Gasteiger partial charge >= 0.3 is 19.8 Å². The number of phosphoric acid groups is 1. The Morgan fingerprint density at radius 2 is 1.50 bits per heavy atom. The minimum atomic E-state index is -4.64. The Morgan fingerprint density at radius 1 is 1.19 bits per heavy atom. The van der Waals surface area contributed by atoms with Crippen LogP contribution in [0, 0.1) is 0 Å². The molecule has 16 heavy (non-hydrogen) atoms. The van der Waals surface area contributed by atoms with Crippen molar-refractivity contribution >= 4 is 19.8 Å². The Morgan fingerprint density at radius 3 is 1.69 bits per heavy atom. The first kappa shape index (κ1) is 20.4. The molecule has 98 valence electrons. The maximum absolute atomic E-state index is 9.99. The van der Waals surface area contributed by atoms with Gasteiger partial charge in [-0.3, -0.25) is 9.59 Å². The second-order valence-electron chi connectivity index (χ2n) is 2.39. The van der Waals surface area contributed by atoms with E-state index in [9.17, 15) is 9.59 Å². The van der Waals surface area contributed by atoms with E-state index in [1.807, 2.05) is 0 Å². The molecule has 1 atom stereocenters. The predicted octanol–water partition coefficient (Wildman–Crippen LogP) is -2.49. The first-order valence-electron chi connectivity index (χ1n) is 3.52. The minimum absolute atomic E-state index is 0. The van der Waals surface area contributed by atoms with Gasteiger partial charge in [-0.05, 0) is 6.42 Å². The van der Waals surface area contributed by atoms with Crippen LogP contribution >= 0.6 is 7.82 Å². The largest absolute Gasteiger partial charge is 0.481 e. The summed E-state index contributed by atoms with van der Waals surface area (Å²) in [5, 5.41) is 16.3. The lowest BCUT2D eigenvalue weighted by Gasteiger charge is -2.01. The zero-order chi connectivity index (χ0) is 12.6. The zero-order valence-corrected chi connectivity index (χ0v) is 8.87. The van der Waals surface area contributed by atoms with Gasteiger partial charge in [-0.1, -0.05) is 0 Å². The van der Waals surface area contributed by atoms with Crippen LogP contribution in [0.5, 0.6) is 0 Å². The molecule has 0 spiro atoms. The van der Waals surface area contributed by atoms with Gasteiger partial charge in [0.2, 0.25) is 0 Å². The van der Waals surface area contributed by atoms with E-state index in [4.69, 9.17) is 35.2 Å². The van der Waals surface area contributed by atoms with Crippen molar-refractivity contribution in [1.29, 1.82) is 0 Å². The second-order valence-corrected chi connectivity index (χ2v) is 3.42. The average Bonchev–Trinajstić information content (AvgIpc) is 1.96. The van der Waals surface area contributed by atoms with E-state index in [-0.39, 0.29) is 18.3 Å². The molecule has 0 saturated carbocycles. The Hall–Kier alpha value is -1.03. The first-order chi connectivity index (χ1) is 6.54. The Balaban J connectivity index is -0.000000242. The number of aliphatic carboxylic acids is 2. The molecule has 0 aromatic carbocycles. The van der Waals surface area contributed by atoms with Gasteiger partial charge in [0.05, 0.1) is 0 Å². The van der Waals surface area contributed by atoms with E-state index in [0.29, 0.717) is 0 Å². The van der Waals surface area contributed by atoms with Crippen LogP contribution in [0.25, 0.3) is 0 Å². The molecule has 0 rings (SSSR count). The highest BCUT2D eigenvalue weighted by atomic mass is 31.2. The molecule has 9 N–H and O–H groups in total. The lowest BCUT2D eigenvalue weighted by atomic mass is 10.2. The van der Waals surface area contributed by atoms with Crippen LogP contribution in [0.2, 0.25) is 0 Å². The summed E-state index contributed by atoms with van der Waals surface area (Å²) >= 11 is 0. The molecule has 0 amide bonds. The molecule has 1 unspecified atom stereocenters. The number of carbonyl (C=O) groups is 2. The molecular weight excluding hydrogens is 249 g/mol. The van der Waals surface area contributed by atoms with E-state index in [0.717, 1.165) is 0 Å². The predicted molar refractivity (Wildman–Crippen MR) is 50.4 cm³/mol. The Kier molecular flexibility index (Phi) is 11.7. The summed E-state index contributed by atoms with van der Waals surface area (Å²) in [6, 6.07) is -1.06. The van der Waals surface area contributed by atoms with Gasteiger partial charge in [-0.15, -0.1) is 0 Å². The van der Waals surface area contributed by atoms with Gasteiger partial charge in [0, 0.05) is 6.42 Å². The average molecular weight is 263 g/mol. The number of carboxylic acids is 2. The number of rotatable bonds is 4. The van der Waals surface area contributed by atoms with Crippen molar-refractivity contribution in [2.75, 3.05) is 0 Å². The summed E-state index contributed by atoms with van der Waals surface area (Å²) in [6.45, 7) is 0. The summed E-state index contributed by atoms with van der Waals surface area (Å²) in [5.41, 5.74) is 5.00. The molecule has 10 nitrogen and oxygen atoms in total. The van der Waals surface area contributed by atoms with Crippen LogP contribution in [-0.4, -0.2) is 48.3 Å². The Labute approximate surface area is 89.9 Å². The van der Waals surface area contributed by atoms with Gasteiger partial charge in [0.1, 0.15) is 6.04 Å². The van der Waals surface area contributed by atoms with Crippen LogP contribution in [0.3, 0.4) is 0 Å². The number of nitrogens with two attached hydrogens (primary N) is 1. The van der Waals surface area contributed by atoms with E-state index in [1.54, 1.807) is 0 Å². The van der Waals surface area contributed by atoms with Gasteiger partial charge in [0.25, 0.3) is 0 Å². The topological polar surface area (TPSA) is 210 Å². The van der Waals surface area contributed by atoms with E-state index < -0.39 is 25.8 Å². The molecule has 0 aliphatic heterocycles. The molecule has 0 aromatic heterocycles. The van der Waals surface area contributed by atoms with Crippen LogP contribution in [-0.2, 0) is 14.2 Å². The van der Waals surface area contributed by atoms with E-state index in [2.05, 4.69) is 0 Å². The van der Waals surface area contributed by atoms with Gasteiger partial charge in [-0.2, -0.15) is 0 Å².